The predicted octanol–water partition coefficient (Wildman–Crippen LogP) is 7.66. The maximum Gasteiger partial charge on any atom is 0.0941 e. The van der Waals surface area contributed by atoms with Crippen molar-refractivity contribution in [2.75, 3.05) is 0 Å². The molecule has 9 rings (SSSR count). The van der Waals surface area contributed by atoms with Gasteiger partial charge in [0.25, 0.3) is 0 Å². The van der Waals surface area contributed by atoms with Gasteiger partial charge in [-0.15, -0.1) is 0 Å². The molecule has 3 aliphatic carbocycles. The lowest BCUT2D eigenvalue weighted by Crippen LogP contribution is -2.50. The molecule has 1 heterocycles. The van der Waals surface area contributed by atoms with Gasteiger partial charge in [-0.1, -0.05) is 115 Å². The van der Waals surface area contributed by atoms with Crippen molar-refractivity contribution in [2.45, 2.75) is 17.8 Å². The highest BCUT2D eigenvalue weighted by Crippen LogP contribution is 2.64. The lowest BCUT2D eigenvalue weighted by Gasteiger charge is -2.55. The van der Waals surface area contributed by atoms with E-state index < -0.39 is 5.41 Å². The van der Waals surface area contributed by atoms with Gasteiger partial charge in [0.1, 0.15) is 0 Å². The number of nitrogens with zero attached hydrogens (tertiary/aromatic N) is 2. The van der Waals surface area contributed by atoms with Crippen LogP contribution in [0.2, 0.25) is 0 Å². The average Bonchev–Trinajstić information content (AvgIpc) is 2.98. The Morgan fingerprint density at radius 2 is 0.838 bits per heavy atom. The summed E-state index contributed by atoms with van der Waals surface area (Å²) in [5.41, 5.74) is 12.0. The van der Waals surface area contributed by atoms with E-state index in [1.807, 2.05) is 6.07 Å². The molecule has 0 atom stereocenters. The summed E-state index contributed by atoms with van der Waals surface area (Å²) in [4.78, 5) is 10.8. The monoisotopic (exact) mass is 472 g/mol. The molecular weight excluding hydrogens is 448 g/mol. The molecule has 0 amide bonds. The molecule has 2 nitrogen and oxygen atoms in total. The van der Waals surface area contributed by atoms with Gasteiger partial charge in [0, 0.05) is 11.0 Å². The van der Waals surface area contributed by atoms with Crippen LogP contribution in [-0.2, 0) is 10.8 Å². The van der Waals surface area contributed by atoms with Gasteiger partial charge in [0.2, 0.25) is 0 Å². The minimum atomic E-state index is -0.580. The average molecular weight is 473 g/mol. The summed E-state index contributed by atoms with van der Waals surface area (Å²) in [5.74, 6) is 0. The first kappa shape index (κ1) is 20.6. The van der Waals surface area contributed by atoms with Crippen LogP contribution in [0.15, 0.2) is 127 Å². The van der Waals surface area contributed by atoms with E-state index in [0.717, 1.165) is 28.0 Å². The summed E-state index contributed by atoms with van der Waals surface area (Å²) in [5, 5.41) is 0. The van der Waals surface area contributed by atoms with Gasteiger partial charge in [0.15, 0.2) is 0 Å². The van der Waals surface area contributed by atoms with Gasteiger partial charge in [-0.25, -0.2) is 9.97 Å². The topological polar surface area (TPSA) is 25.8 Å². The normalized spacial score (nSPS) is 20.8. The van der Waals surface area contributed by atoms with Crippen LogP contribution in [-0.4, -0.2) is 9.97 Å². The van der Waals surface area contributed by atoms with Gasteiger partial charge >= 0.3 is 0 Å². The van der Waals surface area contributed by atoms with Crippen LogP contribution in [0.25, 0.3) is 22.3 Å². The minimum Gasteiger partial charge on any atom is -0.247 e. The van der Waals surface area contributed by atoms with Gasteiger partial charge in [0.05, 0.1) is 27.8 Å². The van der Waals surface area contributed by atoms with Crippen molar-refractivity contribution < 1.29 is 0 Å². The Labute approximate surface area is 216 Å². The Morgan fingerprint density at radius 1 is 0.432 bits per heavy atom. The number of fused-ring (bicyclic) bond motifs is 1. The summed E-state index contributed by atoms with van der Waals surface area (Å²) in [6.07, 6.45) is 0. The maximum atomic E-state index is 5.50. The fourth-order valence-electron chi connectivity index (χ4n) is 7.05. The Hall–Kier alpha value is -4.56. The Balaban J connectivity index is 1.63. The standard InChI is InChI=1S/C35H24N2/c1-34-24-15-5-8-18-27(24)35(28-19-9-6-16-25(28)34,29-20-10-7-17-26(29)34)33-32(23-13-3-2-4-14-23)36-30-21-11-12-22-31(30)37-33/h2-22H,1H3. The van der Waals surface area contributed by atoms with E-state index in [9.17, 15) is 0 Å². The third-order valence-electron chi connectivity index (χ3n) is 8.58. The van der Waals surface area contributed by atoms with Crippen molar-refractivity contribution in [3.05, 3.63) is 166 Å². The zero-order valence-corrected chi connectivity index (χ0v) is 20.5. The van der Waals surface area contributed by atoms with Crippen molar-refractivity contribution >= 4 is 11.0 Å². The molecule has 174 valence electrons. The van der Waals surface area contributed by atoms with E-state index in [4.69, 9.17) is 9.97 Å². The first-order valence-electron chi connectivity index (χ1n) is 12.9. The van der Waals surface area contributed by atoms with Crippen LogP contribution in [0.4, 0.5) is 0 Å². The quantitative estimate of drug-likeness (QED) is 0.258. The smallest absolute Gasteiger partial charge is 0.0941 e. The number of hydrogen-bond acceptors (Lipinski definition) is 2. The maximum absolute atomic E-state index is 5.50. The molecule has 0 unspecified atom stereocenters. The molecular formula is C35H24N2. The molecule has 2 heteroatoms. The molecule has 0 saturated heterocycles. The summed E-state index contributed by atoms with van der Waals surface area (Å²) in [7, 11) is 0. The largest absolute Gasteiger partial charge is 0.247 e. The van der Waals surface area contributed by atoms with Crippen LogP contribution in [0, 0.1) is 0 Å². The second-order valence-electron chi connectivity index (χ2n) is 10.3. The molecule has 5 aromatic carbocycles. The summed E-state index contributed by atoms with van der Waals surface area (Å²) in [6.45, 7) is 2.39. The summed E-state index contributed by atoms with van der Waals surface area (Å²) in [6, 6.07) is 45.7. The van der Waals surface area contributed by atoms with E-state index >= 15 is 0 Å². The van der Waals surface area contributed by atoms with Crippen molar-refractivity contribution in [3.8, 4) is 11.3 Å². The number of hydrogen-bond donors (Lipinski definition) is 0. The van der Waals surface area contributed by atoms with Crippen molar-refractivity contribution in [3.63, 3.8) is 0 Å². The second kappa shape index (κ2) is 7.24. The minimum absolute atomic E-state index is 0.233. The fraction of sp³-hybridized carbons (Fsp3) is 0.0857. The first-order valence-corrected chi connectivity index (χ1v) is 12.9. The summed E-state index contributed by atoms with van der Waals surface area (Å²) >= 11 is 0. The molecule has 2 bridgehead atoms. The van der Waals surface area contributed by atoms with Crippen molar-refractivity contribution in [1.29, 1.82) is 0 Å². The molecule has 0 N–H and O–H groups in total. The SMILES string of the molecule is CC12c3ccccc3C(c3nc4ccccc4nc3-c3ccccc3)(c3ccccc31)c1ccccc12. The highest BCUT2D eigenvalue weighted by Gasteiger charge is 2.58. The van der Waals surface area contributed by atoms with Gasteiger partial charge in [-0.3, -0.25) is 0 Å². The molecule has 6 aromatic rings. The molecule has 0 aliphatic heterocycles. The van der Waals surface area contributed by atoms with Crippen LogP contribution in [0.1, 0.15) is 46.0 Å². The number of para-hydroxylation sites is 2. The number of aromatic nitrogens is 2. The molecule has 1 aromatic heterocycles. The third-order valence-corrected chi connectivity index (χ3v) is 8.58. The van der Waals surface area contributed by atoms with Gasteiger partial charge < -0.3 is 0 Å². The first-order chi connectivity index (χ1) is 18.2. The van der Waals surface area contributed by atoms with Crippen LogP contribution in [0.3, 0.4) is 0 Å². The lowest BCUT2D eigenvalue weighted by molar-refractivity contribution is 0.525. The Bertz CT molecular complexity index is 1730. The van der Waals surface area contributed by atoms with Crippen molar-refractivity contribution in [1.82, 2.24) is 9.97 Å². The molecule has 37 heavy (non-hydrogen) atoms. The summed E-state index contributed by atoms with van der Waals surface area (Å²) < 4.78 is 0. The zero-order valence-electron chi connectivity index (χ0n) is 20.5. The zero-order chi connectivity index (χ0) is 24.6. The highest BCUT2D eigenvalue weighted by atomic mass is 14.9. The van der Waals surface area contributed by atoms with E-state index in [2.05, 4.69) is 128 Å². The van der Waals surface area contributed by atoms with E-state index in [1.54, 1.807) is 0 Å². The Morgan fingerprint density at radius 3 is 1.35 bits per heavy atom. The molecule has 0 radical (unpaired) electrons. The highest BCUT2D eigenvalue weighted by molar-refractivity contribution is 5.85. The van der Waals surface area contributed by atoms with Crippen LogP contribution in [0.5, 0.6) is 0 Å². The van der Waals surface area contributed by atoms with E-state index in [1.165, 1.54) is 33.4 Å². The van der Waals surface area contributed by atoms with E-state index in [0.29, 0.717) is 0 Å². The molecule has 0 fully saturated rings. The van der Waals surface area contributed by atoms with E-state index in [-0.39, 0.29) is 5.41 Å². The second-order valence-corrected chi connectivity index (χ2v) is 10.3. The number of rotatable bonds is 2. The molecule has 0 spiro atoms. The van der Waals surface area contributed by atoms with Crippen LogP contribution >= 0.6 is 0 Å². The van der Waals surface area contributed by atoms with Gasteiger partial charge in [-0.2, -0.15) is 0 Å². The Kier molecular flexibility index (Phi) is 4.03. The third kappa shape index (κ3) is 2.45. The predicted molar refractivity (Wildman–Crippen MR) is 149 cm³/mol. The molecule has 3 aliphatic rings. The molecule has 0 saturated carbocycles. The van der Waals surface area contributed by atoms with Crippen LogP contribution < -0.4 is 0 Å². The number of benzene rings is 5. The van der Waals surface area contributed by atoms with Crippen molar-refractivity contribution in [2.24, 2.45) is 0 Å². The lowest BCUT2D eigenvalue weighted by atomic mass is 9.46. The fourth-order valence-corrected chi connectivity index (χ4v) is 7.05. The van der Waals surface area contributed by atoms with Gasteiger partial charge in [-0.05, 0) is 52.4 Å².